The van der Waals surface area contributed by atoms with Crippen molar-refractivity contribution in [1.82, 2.24) is 19.5 Å². The second kappa shape index (κ2) is 12.5. The van der Waals surface area contributed by atoms with Crippen LogP contribution in [-0.2, 0) is 32.0 Å². The topological polar surface area (TPSA) is 292 Å². The number of nitrogens with two attached hydrogens (primary N) is 1. The number of imidazole rings is 1. The Morgan fingerprint density at radius 1 is 1.25 bits per heavy atom. The van der Waals surface area contributed by atoms with Crippen molar-refractivity contribution in [2.24, 2.45) is 0 Å². The lowest BCUT2D eigenvalue weighted by atomic mass is 9.84. The standard InChI is InChI=1S/C21H32FN5O14P2S/c1-8(2)21(22)18(33)20(3,39-19(21)27-7-26-10-15(23)24-6-25-16(10)27)5-37-43(36,44)41-42(34,35)40-17-13(32)11(30)12(31)14(38-17)9(29)4-28/h6-7,9,11-14,17-19,28-33H,1,4-5H2,2-3H3,(H,34,35)(H,36,44)(H2,23,24,25)/t9-,11?,12?,13?,14?,17?,18+,19+,20+,21+,43?/m0/s1. The zero-order valence-electron chi connectivity index (χ0n) is 23.0. The van der Waals surface area contributed by atoms with Gasteiger partial charge in [-0.1, -0.05) is 18.8 Å². The molecule has 9 N–H and O–H groups in total. The molecule has 12 atom stereocenters. The van der Waals surface area contributed by atoms with Crippen LogP contribution in [0.2, 0.25) is 0 Å². The van der Waals surface area contributed by atoms with Gasteiger partial charge in [0, 0.05) is 0 Å². The molecule has 7 unspecified atom stereocenters. The highest BCUT2D eigenvalue weighted by molar-refractivity contribution is 8.45. The van der Waals surface area contributed by atoms with E-state index in [1.165, 1.54) is 13.8 Å². The fourth-order valence-corrected chi connectivity index (χ4v) is 7.99. The van der Waals surface area contributed by atoms with Crippen LogP contribution in [0, 0.1) is 0 Å². The average molecular weight is 692 g/mol. The lowest BCUT2D eigenvalue weighted by molar-refractivity contribution is -0.292. The highest BCUT2D eigenvalue weighted by atomic mass is 32.7. The molecule has 0 amide bonds. The van der Waals surface area contributed by atoms with Crippen molar-refractivity contribution in [3.05, 3.63) is 24.8 Å². The van der Waals surface area contributed by atoms with E-state index in [4.69, 9.17) is 24.8 Å². The fraction of sp³-hybridized carbons (Fsp3) is 0.667. The maximum Gasteiger partial charge on any atom is 0.482 e. The average Bonchev–Trinajstić information content (AvgIpc) is 3.46. The largest absolute Gasteiger partial charge is 0.482 e. The highest BCUT2D eigenvalue weighted by Gasteiger charge is 2.65. The van der Waals surface area contributed by atoms with Gasteiger partial charge in [-0.2, -0.15) is 4.31 Å². The summed E-state index contributed by atoms with van der Waals surface area (Å²) >= 11 is 3.62. The summed E-state index contributed by atoms with van der Waals surface area (Å²) in [5.74, 6) is -0.0149. The fourth-order valence-electron chi connectivity index (χ4n) is 4.74. The van der Waals surface area contributed by atoms with Crippen molar-refractivity contribution in [3.8, 4) is 0 Å². The zero-order chi connectivity index (χ0) is 33.0. The number of hydrogen-bond donors (Lipinski definition) is 9. The second-order valence-corrected chi connectivity index (χ2v) is 14.9. The maximum absolute atomic E-state index is 16.6. The molecule has 4 heterocycles. The number of ether oxygens (including phenoxy) is 2. The Morgan fingerprint density at radius 2 is 1.91 bits per heavy atom. The smallest absolute Gasteiger partial charge is 0.394 e. The van der Waals surface area contributed by atoms with Gasteiger partial charge in [-0.3, -0.25) is 13.6 Å². The summed E-state index contributed by atoms with van der Waals surface area (Å²) in [7, 11) is -5.57. The van der Waals surface area contributed by atoms with Crippen molar-refractivity contribution in [2.75, 3.05) is 18.9 Å². The lowest BCUT2D eigenvalue weighted by Crippen LogP contribution is -2.61. The SMILES string of the molecule is C=C(C)[C@]1(F)[C@H](n2cnc3c(N)ncnc32)O[C@](C)(COP(=O)(S)OP(=O)(O)OC2OC([C@@H](O)CO)C(O)C(O)C2O)[C@H]1O. The third-order valence-electron chi connectivity index (χ3n) is 7.14. The van der Waals surface area contributed by atoms with E-state index in [0.717, 1.165) is 17.2 Å². The van der Waals surface area contributed by atoms with Gasteiger partial charge < -0.3 is 50.7 Å². The van der Waals surface area contributed by atoms with E-state index >= 15 is 4.39 Å². The third-order valence-corrected chi connectivity index (χ3v) is 10.7. The molecule has 44 heavy (non-hydrogen) atoms. The van der Waals surface area contributed by atoms with Crippen LogP contribution in [0.4, 0.5) is 10.2 Å². The molecule has 0 bridgehead atoms. The molecule has 4 rings (SSSR count). The Bertz CT molecular complexity index is 1490. The number of rotatable bonds is 11. The molecule has 23 heteroatoms. The van der Waals surface area contributed by atoms with Crippen LogP contribution in [0.3, 0.4) is 0 Å². The van der Waals surface area contributed by atoms with Gasteiger partial charge >= 0.3 is 14.6 Å². The normalized spacial score (nSPS) is 37.8. The predicted molar refractivity (Wildman–Crippen MR) is 147 cm³/mol. The van der Waals surface area contributed by atoms with Gasteiger partial charge in [0.2, 0.25) is 5.67 Å². The molecule has 2 aromatic rings. The van der Waals surface area contributed by atoms with Gasteiger partial charge in [0.1, 0.15) is 54.1 Å². The molecule has 0 radical (unpaired) electrons. The number of aliphatic hydroxyl groups excluding tert-OH is 6. The number of thiol groups is 1. The van der Waals surface area contributed by atoms with E-state index < -0.39 is 88.2 Å². The van der Waals surface area contributed by atoms with E-state index in [1.807, 2.05) is 0 Å². The summed E-state index contributed by atoms with van der Waals surface area (Å²) in [5.41, 5.74) is 0.995. The molecule has 0 spiro atoms. The lowest BCUT2D eigenvalue weighted by Gasteiger charge is -2.41. The number of anilines is 1. The molecule has 0 aliphatic carbocycles. The molecule has 0 saturated carbocycles. The maximum atomic E-state index is 16.6. The van der Waals surface area contributed by atoms with Crippen LogP contribution >= 0.6 is 26.9 Å². The number of alkyl halides is 1. The number of fused-ring (bicyclic) bond motifs is 1. The number of phosphoric ester groups is 1. The molecule has 2 fully saturated rings. The Balaban J connectivity index is 1.50. The van der Waals surface area contributed by atoms with E-state index in [1.54, 1.807) is 0 Å². The minimum absolute atomic E-state index is 0.0149. The molecule has 248 valence electrons. The van der Waals surface area contributed by atoms with Crippen molar-refractivity contribution in [1.29, 1.82) is 0 Å². The first-order valence-corrected chi connectivity index (χ1v) is 16.8. The molecule has 2 aromatic heterocycles. The van der Waals surface area contributed by atoms with Gasteiger partial charge in [0.15, 0.2) is 24.0 Å². The molecule has 2 aliphatic rings. The van der Waals surface area contributed by atoms with Crippen molar-refractivity contribution in [2.45, 2.75) is 74.3 Å². The Hall–Kier alpha value is -1.65. The molecule has 0 aromatic carbocycles. The zero-order valence-corrected chi connectivity index (χ0v) is 25.7. The summed E-state index contributed by atoms with van der Waals surface area (Å²) in [6.07, 6.45) is -13.6. The van der Waals surface area contributed by atoms with Crippen LogP contribution in [0.15, 0.2) is 24.8 Å². The third kappa shape index (κ3) is 6.46. The molecule has 2 saturated heterocycles. The number of phosphoric acid groups is 1. The number of hydrogen-bond acceptors (Lipinski definition) is 17. The van der Waals surface area contributed by atoms with Gasteiger partial charge in [-0.15, -0.1) is 0 Å². The van der Waals surface area contributed by atoms with Crippen LogP contribution < -0.4 is 5.73 Å². The highest BCUT2D eigenvalue weighted by Crippen LogP contribution is 2.67. The summed E-state index contributed by atoms with van der Waals surface area (Å²) in [4.78, 5) is 22.1. The number of aromatic nitrogens is 4. The monoisotopic (exact) mass is 691 g/mol. The number of aliphatic hydroxyl groups is 6. The van der Waals surface area contributed by atoms with Crippen LogP contribution in [-0.4, -0.2) is 122 Å². The summed E-state index contributed by atoms with van der Waals surface area (Å²) in [6.45, 7) is -0.830. The van der Waals surface area contributed by atoms with Crippen LogP contribution in [0.1, 0.15) is 20.1 Å². The second-order valence-electron chi connectivity index (χ2n) is 10.4. The molecule has 2 aliphatic heterocycles. The molecular weight excluding hydrogens is 659 g/mol. The summed E-state index contributed by atoms with van der Waals surface area (Å²) in [6, 6.07) is 0. The minimum atomic E-state index is -5.57. The van der Waals surface area contributed by atoms with E-state index in [9.17, 15) is 39.6 Å². The Labute approximate surface area is 253 Å². The molecular formula is C21H32FN5O14P2S. The van der Waals surface area contributed by atoms with Gasteiger partial charge in [-0.05, 0) is 19.4 Å². The van der Waals surface area contributed by atoms with Gasteiger partial charge in [0.05, 0.1) is 19.5 Å². The van der Waals surface area contributed by atoms with E-state index in [-0.39, 0.29) is 22.6 Å². The quantitative estimate of drug-likeness (QED) is 0.0751. The van der Waals surface area contributed by atoms with Crippen molar-refractivity contribution < 1.29 is 71.9 Å². The van der Waals surface area contributed by atoms with Crippen molar-refractivity contribution in [3.63, 3.8) is 0 Å². The first-order valence-electron chi connectivity index (χ1n) is 12.6. The van der Waals surface area contributed by atoms with Crippen LogP contribution in [0.25, 0.3) is 11.2 Å². The van der Waals surface area contributed by atoms with E-state index in [2.05, 4.69) is 42.6 Å². The van der Waals surface area contributed by atoms with Gasteiger partial charge in [-0.25, -0.2) is 28.5 Å². The molecule has 19 nitrogen and oxygen atoms in total. The van der Waals surface area contributed by atoms with E-state index in [0.29, 0.717) is 0 Å². The van der Waals surface area contributed by atoms with Crippen LogP contribution in [0.5, 0.6) is 0 Å². The first kappa shape index (κ1) is 35.2. The predicted octanol–water partition coefficient (Wildman–Crippen LogP) is -1.31. The number of halogens is 1. The Kier molecular flexibility index (Phi) is 10.0. The summed E-state index contributed by atoms with van der Waals surface area (Å²) < 4.78 is 68.4. The first-order chi connectivity index (χ1) is 20.3. The summed E-state index contributed by atoms with van der Waals surface area (Å²) in [5, 5.41) is 60.1. The van der Waals surface area contributed by atoms with Gasteiger partial charge in [0.25, 0.3) is 0 Å². The minimum Gasteiger partial charge on any atom is -0.394 e. The number of nitrogens with zero attached hydrogens (tertiary/aromatic N) is 4. The van der Waals surface area contributed by atoms with Crippen molar-refractivity contribution >= 4 is 43.9 Å². The number of nitrogen functional groups attached to an aromatic ring is 1. The Morgan fingerprint density at radius 3 is 2.52 bits per heavy atom.